The molecule has 1 fully saturated rings. The number of aliphatic hydroxyl groups is 1. The summed E-state index contributed by atoms with van der Waals surface area (Å²) in [6.45, 7) is 4.54. The first-order valence-corrected chi connectivity index (χ1v) is 9.89. The molecule has 2 amide bonds. The Kier molecular flexibility index (Phi) is 7.07. The zero-order chi connectivity index (χ0) is 20.1. The summed E-state index contributed by atoms with van der Waals surface area (Å²) in [6, 6.07) is 6.89. The number of hydrogen-bond acceptors (Lipinski definition) is 6. The number of aliphatic hydroxyl groups excluding tert-OH is 1. The maximum Gasteiger partial charge on any atom is 0.277 e. The first kappa shape index (κ1) is 20.8. The normalized spacial score (nSPS) is 18.3. The number of rotatable bonds is 8. The summed E-state index contributed by atoms with van der Waals surface area (Å²) in [5, 5.41) is 9.85. The monoisotopic (exact) mass is 407 g/mol. The largest absolute Gasteiger partial charge is 0.395 e. The second-order valence-electron chi connectivity index (χ2n) is 6.95. The highest BCUT2D eigenvalue weighted by molar-refractivity contribution is 6.36. The Bertz CT molecular complexity index is 744. The van der Waals surface area contributed by atoms with Gasteiger partial charge in [0.1, 0.15) is 5.70 Å². The van der Waals surface area contributed by atoms with Gasteiger partial charge in [0.05, 0.1) is 25.4 Å². The van der Waals surface area contributed by atoms with Crippen LogP contribution in [0, 0.1) is 0 Å². The quantitative estimate of drug-likeness (QED) is 0.650. The lowest BCUT2D eigenvalue weighted by molar-refractivity contribution is -0.137. The molecule has 0 bridgehead atoms. The van der Waals surface area contributed by atoms with Crippen LogP contribution in [-0.2, 0) is 14.3 Å². The number of carbonyl (C=O) groups is 2. The Labute approximate surface area is 170 Å². The molecule has 3 rings (SSSR count). The van der Waals surface area contributed by atoms with E-state index < -0.39 is 0 Å². The number of benzene rings is 1. The molecule has 1 N–H and O–H groups in total. The number of imide groups is 1. The molecule has 2 heterocycles. The van der Waals surface area contributed by atoms with Crippen molar-refractivity contribution in [3.8, 4) is 0 Å². The first-order chi connectivity index (χ1) is 13.5. The predicted molar refractivity (Wildman–Crippen MR) is 107 cm³/mol. The smallest absolute Gasteiger partial charge is 0.277 e. The fourth-order valence-corrected chi connectivity index (χ4v) is 3.66. The van der Waals surface area contributed by atoms with E-state index in [0.29, 0.717) is 34.8 Å². The lowest BCUT2D eigenvalue weighted by atomic mass is 10.0. The van der Waals surface area contributed by atoms with Gasteiger partial charge in [-0.3, -0.25) is 19.4 Å². The number of amides is 2. The van der Waals surface area contributed by atoms with Crippen LogP contribution in [0.1, 0.15) is 12.0 Å². The molecule has 1 saturated heterocycles. The standard InChI is InChI=1S/C20H26ClN3O4/c1-22(9-12-25)18-17(15-3-5-16(21)6-4-15)19(26)24(20(18)27)8-2-7-23-10-13-28-14-11-23/h3-6,25H,2,7-14H2,1H3. The first-order valence-electron chi connectivity index (χ1n) is 9.51. The summed E-state index contributed by atoms with van der Waals surface area (Å²) >= 11 is 5.97. The van der Waals surface area contributed by atoms with Crippen LogP contribution in [-0.4, -0.2) is 91.2 Å². The molecular weight excluding hydrogens is 382 g/mol. The molecule has 1 aromatic rings. The molecule has 8 heteroatoms. The molecule has 28 heavy (non-hydrogen) atoms. The van der Waals surface area contributed by atoms with E-state index in [1.807, 2.05) is 0 Å². The topological polar surface area (TPSA) is 73.3 Å². The third-order valence-corrected chi connectivity index (χ3v) is 5.31. The zero-order valence-corrected chi connectivity index (χ0v) is 16.8. The molecule has 1 aromatic carbocycles. The van der Waals surface area contributed by atoms with Gasteiger partial charge in [-0.25, -0.2) is 0 Å². The number of nitrogens with zero attached hydrogens (tertiary/aromatic N) is 3. The number of hydrogen-bond donors (Lipinski definition) is 1. The van der Waals surface area contributed by atoms with E-state index in [4.69, 9.17) is 16.3 Å². The van der Waals surface area contributed by atoms with Crippen molar-refractivity contribution < 1.29 is 19.4 Å². The molecule has 0 aromatic heterocycles. The fraction of sp³-hybridized carbons (Fsp3) is 0.500. The summed E-state index contributed by atoms with van der Waals surface area (Å²) in [4.78, 5) is 31.4. The second-order valence-corrected chi connectivity index (χ2v) is 7.38. The highest BCUT2D eigenvalue weighted by Crippen LogP contribution is 2.31. The van der Waals surface area contributed by atoms with Gasteiger partial charge in [0, 0.05) is 44.8 Å². The van der Waals surface area contributed by atoms with Crippen molar-refractivity contribution in [2.75, 3.05) is 59.6 Å². The van der Waals surface area contributed by atoms with Crippen LogP contribution >= 0.6 is 11.6 Å². The van der Waals surface area contributed by atoms with E-state index in [1.54, 1.807) is 36.2 Å². The van der Waals surface area contributed by atoms with Crippen molar-refractivity contribution in [2.45, 2.75) is 6.42 Å². The van der Waals surface area contributed by atoms with E-state index in [9.17, 15) is 14.7 Å². The Balaban J connectivity index is 1.77. The Morgan fingerprint density at radius 1 is 1.11 bits per heavy atom. The van der Waals surface area contributed by atoms with Crippen LogP contribution in [0.5, 0.6) is 0 Å². The molecule has 2 aliphatic rings. The Morgan fingerprint density at radius 2 is 1.79 bits per heavy atom. The van der Waals surface area contributed by atoms with E-state index in [2.05, 4.69) is 4.90 Å². The van der Waals surface area contributed by atoms with Crippen molar-refractivity contribution in [3.05, 3.63) is 40.5 Å². The summed E-state index contributed by atoms with van der Waals surface area (Å²) < 4.78 is 5.35. The molecule has 0 aliphatic carbocycles. The van der Waals surface area contributed by atoms with Gasteiger partial charge in [0.15, 0.2) is 0 Å². The van der Waals surface area contributed by atoms with Gasteiger partial charge in [-0.2, -0.15) is 0 Å². The molecule has 0 radical (unpaired) electrons. The number of halogens is 1. The van der Waals surface area contributed by atoms with Gasteiger partial charge >= 0.3 is 0 Å². The van der Waals surface area contributed by atoms with E-state index >= 15 is 0 Å². The van der Waals surface area contributed by atoms with Gasteiger partial charge in [-0.15, -0.1) is 0 Å². The average molecular weight is 408 g/mol. The van der Waals surface area contributed by atoms with Crippen LogP contribution < -0.4 is 0 Å². The summed E-state index contributed by atoms with van der Waals surface area (Å²) in [5.41, 5.74) is 1.34. The molecule has 0 unspecified atom stereocenters. The molecule has 0 spiro atoms. The zero-order valence-electron chi connectivity index (χ0n) is 16.1. The third-order valence-electron chi connectivity index (χ3n) is 5.05. The number of morpholine rings is 1. The minimum absolute atomic E-state index is 0.105. The van der Waals surface area contributed by atoms with Crippen LogP contribution in [0.15, 0.2) is 30.0 Å². The number of ether oxygens (including phenoxy) is 1. The van der Waals surface area contributed by atoms with Crippen molar-refractivity contribution in [1.29, 1.82) is 0 Å². The maximum atomic E-state index is 13.1. The molecule has 0 saturated carbocycles. The van der Waals surface area contributed by atoms with Crippen molar-refractivity contribution in [3.63, 3.8) is 0 Å². The molecule has 152 valence electrons. The van der Waals surface area contributed by atoms with Crippen LogP contribution in [0.4, 0.5) is 0 Å². The van der Waals surface area contributed by atoms with Crippen molar-refractivity contribution in [1.82, 2.24) is 14.7 Å². The van der Waals surface area contributed by atoms with E-state index in [-0.39, 0.29) is 25.0 Å². The minimum atomic E-state index is -0.312. The van der Waals surface area contributed by atoms with Crippen LogP contribution in [0.3, 0.4) is 0 Å². The van der Waals surface area contributed by atoms with Crippen molar-refractivity contribution >= 4 is 29.0 Å². The van der Waals surface area contributed by atoms with Gasteiger partial charge in [0.25, 0.3) is 11.8 Å². The minimum Gasteiger partial charge on any atom is -0.395 e. The van der Waals surface area contributed by atoms with Crippen molar-refractivity contribution in [2.24, 2.45) is 0 Å². The fourth-order valence-electron chi connectivity index (χ4n) is 3.54. The summed E-state index contributed by atoms with van der Waals surface area (Å²) in [5.74, 6) is -0.609. The Hall–Kier alpha value is -1.93. The van der Waals surface area contributed by atoms with Gasteiger partial charge in [-0.05, 0) is 24.1 Å². The molecule has 2 aliphatic heterocycles. The highest BCUT2D eigenvalue weighted by Gasteiger charge is 2.40. The van der Waals surface area contributed by atoms with Crippen LogP contribution in [0.2, 0.25) is 5.02 Å². The summed E-state index contributed by atoms with van der Waals surface area (Å²) in [7, 11) is 1.71. The van der Waals surface area contributed by atoms with Gasteiger partial charge in [0.2, 0.25) is 0 Å². The Morgan fingerprint density at radius 3 is 2.43 bits per heavy atom. The average Bonchev–Trinajstić information content (AvgIpc) is 2.94. The second kappa shape index (κ2) is 9.52. The van der Waals surface area contributed by atoms with E-state index in [0.717, 1.165) is 32.8 Å². The lowest BCUT2D eigenvalue weighted by Crippen LogP contribution is -2.40. The lowest BCUT2D eigenvalue weighted by Gasteiger charge is -2.27. The highest BCUT2D eigenvalue weighted by atomic mass is 35.5. The third kappa shape index (κ3) is 4.55. The molecule has 7 nitrogen and oxygen atoms in total. The number of likely N-dealkylation sites (N-methyl/N-ethyl adjacent to an activating group) is 1. The van der Waals surface area contributed by atoms with Crippen LogP contribution in [0.25, 0.3) is 5.57 Å². The van der Waals surface area contributed by atoms with Gasteiger partial charge < -0.3 is 14.7 Å². The SMILES string of the molecule is CN(CCO)C1=C(c2ccc(Cl)cc2)C(=O)N(CCCN2CCOCC2)C1=O. The molecular formula is C20H26ClN3O4. The van der Waals surface area contributed by atoms with E-state index in [1.165, 1.54) is 4.90 Å². The number of carbonyl (C=O) groups excluding carboxylic acids is 2. The van der Waals surface area contributed by atoms with Gasteiger partial charge in [-0.1, -0.05) is 23.7 Å². The maximum absolute atomic E-state index is 13.1. The summed E-state index contributed by atoms with van der Waals surface area (Å²) in [6.07, 6.45) is 0.711. The predicted octanol–water partition coefficient (Wildman–Crippen LogP) is 1.07. The molecule has 0 atom stereocenters.